The lowest BCUT2D eigenvalue weighted by atomic mass is 9.87. The molecule has 2 aliphatic rings. The quantitative estimate of drug-likeness (QED) is 0.843. The van der Waals surface area contributed by atoms with Crippen molar-refractivity contribution in [2.24, 2.45) is 0 Å². The molecule has 0 radical (unpaired) electrons. The first kappa shape index (κ1) is 12.4. The fourth-order valence-corrected chi connectivity index (χ4v) is 3.45. The minimum Gasteiger partial charge on any atom is -0.307 e. The maximum absolute atomic E-state index is 12.5. The normalized spacial score (nSPS) is 23.5. The van der Waals surface area contributed by atoms with Gasteiger partial charge in [-0.2, -0.15) is 0 Å². The standard InChI is InChI=1S/C17H17N3O/c1-12-7-8-15-14(11-12)17(13-5-3-2-4-6-13)18-9-10-20(17)16(21)19-15/h2-8,11,18H,9-10H2,1H3,(H,19,21). The van der Waals surface area contributed by atoms with Gasteiger partial charge >= 0.3 is 6.03 Å². The van der Waals surface area contributed by atoms with Crippen LogP contribution in [0.4, 0.5) is 10.5 Å². The molecule has 106 valence electrons. The fraction of sp³-hybridized carbons (Fsp3) is 0.235. The Balaban J connectivity index is 2.02. The number of nitrogens with zero attached hydrogens (tertiary/aromatic N) is 1. The summed E-state index contributed by atoms with van der Waals surface area (Å²) >= 11 is 0. The van der Waals surface area contributed by atoms with Crippen molar-refractivity contribution in [1.82, 2.24) is 10.2 Å². The average Bonchev–Trinajstić information content (AvgIpc) is 2.96. The number of hydrogen-bond acceptors (Lipinski definition) is 2. The number of hydrogen-bond donors (Lipinski definition) is 2. The largest absolute Gasteiger partial charge is 0.323 e. The second-order valence-electron chi connectivity index (χ2n) is 5.63. The van der Waals surface area contributed by atoms with Gasteiger partial charge in [-0.15, -0.1) is 0 Å². The summed E-state index contributed by atoms with van der Waals surface area (Å²) in [7, 11) is 0. The summed E-state index contributed by atoms with van der Waals surface area (Å²) in [6, 6.07) is 16.3. The van der Waals surface area contributed by atoms with Gasteiger partial charge in [-0.05, 0) is 24.6 Å². The predicted molar refractivity (Wildman–Crippen MR) is 82.1 cm³/mol. The molecule has 1 unspecified atom stereocenters. The van der Waals surface area contributed by atoms with Crippen LogP contribution in [0.25, 0.3) is 0 Å². The Kier molecular flexibility index (Phi) is 2.56. The van der Waals surface area contributed by atoms with E-state index in [1.165, 1.54) is 5.56 Å². The first-order valence-electron chi connectivity index (χ1n) is 7.22. The van der Waals surface area contributed by atoms with Crippen molar-refractivity contribution in [2.45, 2.75) is 12.6 Å². The van der Waals surface area contributed by atoms with Gasteiger partial charge in [-0.1, -0.05) is 42.0 Å². The summed E-state index contributed by atoms with van der Waals surface area (Å²) in [5.74, 6) is 0. The lowest BCUT2D eigenvalue weighted by Gasteiger charge is -2.43. The van der Waals surface area contributed by atoms with E-state index in [0.29, 0.717) is 6.54 Å². The third-order valence-electron chi connectivity index (χ3n) is 4.36. The zero-order valence-electron chi connectivity index (χ0n) is 11.9. The minimum absolute atomic E-state index is 0.0415. The molecule has 2 aliphatic heterocycles. The van der Waals surface area contributed by atoms with E-state index >= 15 is 0 Å². The number of fused-ring (bicyclic) bond motifs is 3. The zero-order chi connectivity index (χ0) is 14.4. The second-order valence-corrected chi connectivity index (χ2v) is 5.63. The van der Waals surface area contributed by atoms with Crippen LogP contribution in [-0.2, 0) is 5.66 Å². The predicted octanol–water partition coefficient (Wildman–Crippen LogP) is 2.65. The van der Waals surface area contributed by atoms with Gasteiger partial charge in [0.25, 0.3) is 0 Å². The summed E-state index contributed by atoms with van der Waals surface area (Å²) in [5.41, 5.74) is 3.74. The van der Waals surface area contributed by atoms with Crippen molar-refractivity contribution in [1.29, 1.82) is 0 Å². The van der Waals surface area contributed by atoms with E-state index in [-0.39, 0.29) is 6.03 Å². The van der Waals surface area contributed by atoms with Gasteiger partial charge in [-0.25, -0.2) is 4.79 Å². The maximum atomic E-state index is 12.5. The summed E-state index contributed by atoms with van der Waals surface area (Å²) in [6.45, 7) is 3.57. The van der Waals surface area contributed by atoms with Gasteiger partial charge in [0.15, 0.2) is 0 Å². The molecule has 4 heteroatoms. The molecule has 0 bridgehead atoms. The van der Waals surface area contributed by atoms with Crippen LogP contribution < -0.4 is 10.6 Å². The molecule has 21 heavy (non-hydrogen) atoms. The highest BCUT2D eigenvalue weighted by molar-refractivity contribution is 5.95. The Bertz CT molecular complexity index is 713. The number of carbonyl (C=O) groups is 1. The average molecular weight is 279 g/mol. The van der Waals surface area contributed by atoms with E-state index in [1.807, 2.05) is 35.2 Å². The second kappa shape index (κ2) is 4.33. The molecule has 2 heterocycles. The number of benzene rings is 2. The van der Waals surface area contributed by atoms with Gasteiger partial charge in [0.05, 0.1) is 0 Å². The van der Waals surface area contributed by atoms with Crippen LogP contribution in [0.1, 0.15) is 16.7 Å². The minimum atomic E-state index is -0.551. The third-order valence-corrected chi connectivity index (χ3v) is 4.36. The molecule has 0 saturated carbocycles. The van der Waals surface area contributed by atoms with Crippen molar-refractivity contribution in [2.75, 3.05) is 18.4 Å². The molecule has 0 spiro atoms. The smallest absolute Gasteiger partial charge is 0.307 e. The zero-order valence-corrected chi connectivity index (χ0v) is 11.9. The van der Waals surface area contributed by atoms with E-state index in [2.05, 4.69) is 35.8 Å². The topological polar surface area (TPSA) is 44.4 Å². The van der Waals surface area contributed by atoms with Crippen LogP contribution in [0, 0.1) is 6.92 Å². The van der Waals surface area contributed by atoms with E-state index < -0.39 is 5.66 Å². The SMILES string of the molecule is Cc1ccc2c(c1)C1(c3ccccc3)NCCN1C(=O)N2. The molecule has 2 aromatic carbocycles. The molecule has 2 aromatic rings. The molecular formula is C17H17N3O. The van der Waals surface area contributed by atoms with Crippen molar-refractivity contribution >= 4 is 11.7 Å². The van der Waals surface area contributed by atoms with Gasteiger partial charge in [-0.3, -0.25) is 10.2 Å². The van der Waals surface area contributed by atoms with Crippen molar-refractivity contribution in [3.05, 3.63) is 65.2 Å². The summed E-state index contributed by atoms with van der Waals surface area (Å²) in [5, 5.41) is 6.57. The third kappa shape index (κ3) is 1.63. The maximum Gasteiger partial charge on any atom is 0.323 e. The fourth-order valence-electron chi connectivity index (χ4n) is 3.45. The summed E-state index contributed by atoms with van der Waals surface area (Å²) < 4.78 is 0. The van der Waals surface area contributed by atoms with Crippen molar-refractivity contribution < 1.29 is 4.79 Å². The van der Waals surface area contributed by atoms with Crippen LogP contribution in [-0.4, -0.2) is 24.0 Å². The van der Waals surface area contributed by atoms with Crippen LogP contribution in [0.2, 0.25) is 0 Å². The monoisotopic (exact) mass is 279 g/mol. The first-order valence-corrected chi connectivity index (χ1v) is 7.22. The Labute approximate surface area is 123 Å². The van der Waals surface area contributed by atoms with Crippen LogP contribution in [0.5, 0.6) is 0 Å². The molecular weight excluding hydrogens is 262 g/mol. The van der Waals surface area contributed by atoms with Gasteiger partial charge in [0, 0.05) is 24.3 Å². The van der Waals surface area contributed by atoms with Crippen molar-refractivity contribution in [3.63, 3.8) is 0 Å². The lowest BCUT2D eigenvalue weighted by Crippen LogP contribution is -2.56. The number of aryl methyl sites for hydroxylation is 1. The Morgan fingerprint density at radius 2 is 1.95 bits per heavy atom. The molecule has 2 amide bonds. The molecule has 1 atom stereocenters. The van der Waals surface area contributed by atoms with E-state index in [4.69, 9.17) is 0 Å². The highest BCUT2D eigenvalue weighted by atomic mass is 16.2. The first-order chi connectivity index (χ1) is 10.2. The number of carbonyl (C=O) groups excluding carboxylic acids is 1. The number of amides is 2. The van der Waals surface area contributed by atoms with Crippen LogP contribution >= 0.6 is 0 Å². The molecule has 4 rings (SSSR count). The Hall–Kier alpha value is -2.33. The van der Waals surface area contributed by atoms with E-state index in [0.717, 1.165) is 23.4 Å². The molecule has 4 nitrogen and oxygen atoms in total. The van der Waals surface area contributed by atoms with Crippen LogP contribution in [0.15, 0.2) is 48.5 Å². The Morgan fingerprint density at radius 3 is 2.76 bits per heavy atom. The number of anilines is 1. The summed E-state index contributed by atoms with van der Waals surface area (Å²) in [4.78, 5) is 14.4. The molecule has 1 saturated heterocycles. The van der Waals surface area contributed by atoms with E-state index in [1.54, 1.807) is 0 Å². The highest BCUT2D eigenvalue weighted by Gasteiger charge is 2.50. The number of urea groups is 1. The lowest BCUT2D eigenvalue weighted by molar-refractivity contribution is 0.165. The molecule has 0 aliphatic carbocycles. The van der Waals surface area contributed by atoms with Gasteiger partial charge < -0.3 is 5.32 Å². The Morgan fingerprint density at radius 1 is 1.14 bits per heavy atom. The van der Waals surface area contributed by atoms with E-state index in [9.17, 15) is 4.79 Å². The van der Waals surface area contributed by atoms with Gasteiger partial charge in [0.1, 0.15) is 5.66 Å². The molecule has 0 aromatic heterocycles. The van der Waals surface area contributed by atoms with Crippen molar-refractivity contribution in [3.8, 4) is 0 Å². The van der Waals surface area contributed by atoms with Crippen LogP contribution in [0.3, 0.4) is 0 Å². The highest BCUT2D eigenvalue weighted by Crippen LogP contribution is 2.43. The van der Waals surface area contributed by atoms with Gasteiger partial charge in [0.2, 0.25) is 0 Å². The molecule has 2 N–H and O–H groups in total. The number of rotatable bonds is 1. The number of nitrogens with one attached hydrogen (secondary N) is 2. The summed E-state index contributed by atoms with van der Waals surface area (Å²) in [6.07, 6.45) is 0. The molecule has 1 fully saturated rings.